The first kappa shape index (κ1) is 12.4. The zero-order chi connectivity index (χ0) is 11.6. The van der Waals surface area contributed by atoms with E-state index in [2.05, 4.69) is 14.7 Å². The predicted molar refractivity (Wildman–Crippen MR) is 58.3 cm³/mol. The predicted octanol–water partition coefficient (Wildman–Crippen LogP) is 1.00. The average Bonchev–Trinajstić information content (AvgIpc) is 2.12. The molecule has 6 nitrogen and oxygen atoms in total. The molecule has 0 amide bonds. The summed E-state index contributed by atoms with van der Waals surface area (Å²) in [6.07, 6.45) is 1.11. The largest absolute Gasteiger partial charge is 0.302 e. The number of halogens is 2. The maximum Gasteiger partial charge on any atom is 0.302 e. The molecule has 0 aromatic carbocycles. The molecule has 0 atom stereocenters. The van der Waals surface area contributed by atoms with Gasteiger partial charge in [-0.05, 0) is 0 Å². The lowest BCUT2D eigenvalue weighted by atomic mass is 10.6. The fourth-order valence-electron chi connectivity index (χ4n) is 0.633. The van der Waals surface area contributed by atoms with Crippen molar-refractivity contribution in [2.45, 2.75) is 0 Å². The van der Waals surface area contributed by atoms with E-state index in [0.29, 0.717) is 0 Å². The number of aromatic nitrogens is 2. The first-order valence-electron chi connectivity index (χ1n) is 3.71. The summed E-state index contributed by atoms with van der Waals surface area (Å²) in [7, 11) is -0.892. The summed E-state index contributed by atoms with van der Waals surface area (Å²) in [6, 6.07) is 0. The van der Waals surface area contributed by atoms with E-state index in [4.69, 9.17) is 23.2 Å². The summed E-state index contributed by atoms with van der Waals surface area (Å²) < 4.78 is 26.0. The second-order valence-electron chi connectivity index (χ2n) is 2.72. The van der Waals surface area contributed by atoms with Gasteiger partial charge in [-0.3, -0.25) is 4.72 Å². The van der Waals surface area contributed by atoms with Gasteiger partial charge in [-0.2, -0.15) is 12.7 Å². The number of hydrogen-bond acceptors (Lipinski definition) is 4. The minimum Gasteiger partial charge on any atom is -0.253 e. The van der Waals surface area contributed by atoms with Crippen LogP contribution in [0.15, 0.2) is 6.33 Å². The molecule has 0 aliphatic carbocycles. The molecule has 84 valence electrons. The van der Waals surface area contributed by atoms with E-state index >= 15 is 0 Å². The highest BCUT2D eigenvalue weighted by molar-refractivity contribution is 7.90. The van der Waals surface area contributed by atoms with Gasteiger partial charge in [-0.15, -0.1) is 0 Å². The second kappa shape index (κ2) is 4.48. The van der Waals surface area contributed by atoms with Crippen molar-refractivity contribution in [1.82, 2.24) is 14.3 Å². The van der Waals surface area contributed by atoms with Crippen LogP contribution in [0.25, 0.3) is 0 Å². The average molecular weight is 271 g/mol. The monoisotopic (exact) mass is 270 g/mol. The number of rotatable bonds is 3. The Bertz CT molecular complexity index is 462. The van der Waals surface area contributed by atoms with Crippen LogP contribution in [0.2, 0.25) is 10.2 Å². The van der Waals surface area contributed by atoms with Crippen molar-refractivity contribution in [1.29, 1.82) is 0 Å². The Morgan fingerprint density at radius 3 is 2.47 bits per heavy atom. The number of anilines is 1. The van der Waals surface area contributed by atoms with E-state index in [-0.39, 0.29) is 16.0 Å². The summed E-state index contributed by atoms with van der Waals surface area (Å²) in [5, 5.41) is -0.0484. The quantitative estimate of drug-likeness (QED) is 0.832. The van der Waals surface area contributed by atoms with Gasteiger partial charge >= 0.3 is 10.2 Å². The molecule has 1 heterocycles. The molecule has 0 saturated heterocycles. The number of nitrogens with one attached hydrogen (secondary N) is 1. The van der Waals surface area contributed by atoms with Crippen molar-refractivity contribution in [2.75, 3.05) is 18.8 Å². The molecule has 0 radical (unpaired) electrons. The molecule has 0 fully saturated rings. The Morgan fingerprint density at radius 1 is 1.33 bits per heavy atom. The van der Waals surface area contributed by atoms with E-state index in [0.717, 1.165) is 10.6 Å². The van der Waals surface area contributed by atoms with Crippen molar-refractivity contribution >= 4 is 39.2 Å². The summed E-state index contributed by atoms with van der Waals surface area (Å²) in [6.45, 7) is 0. The van der Waals surface area contributed by atoms with Crippen molar-refractivity contribution in [2.24, 2.45) is 0 Å². The van der Waals surface area contributed by atoms with E-state index in [1.165, 1.54) is 14.1 Å². The third-order valence-corrected chi connectivity index (χ3v) is 3.61. The van der Waals surface area contributed by atoms with Gasteiger partial charge in [-0.1, -0.05) is 23.2 Å². The molecule has 9 heteroatoms. The van der Waals surface area contributed by atoms with Crippen LogP contribution < -0.4 is 4.72 Å². The van der Waals surface area contributed by atoms with Crippen LogP contribution in [0, 0.1) is 0 Å². The lowest BCUT2D eigenvalue weighted by Crippen LogP contribution is -2.29. The van der Waals surface area contributed by atoms with Gasteiger partial charge in [0.1, 0.15) is 11.3 Å². The molecule has 0 unspecified atom stereocenters. The Labute approximate surface area is 97.4 Å². The van der Waals surface area contributed by atoms with E-state index in [9.17, 15) is 8.42 Å². The minimum absolute atomic E-state index is 0.0110. The topological polar surface area (TPSA) is 75.2 Å². The van der Waals surface area contributed by atoms with Crippen LogP contribution in [0.1, 0.15) is 0 Å². The van der Waals surface area contributed by atoms with E-state index in [1.807, 2.05) is 0 Å². The van der Waals surface area contributed by atoms with Gasteiger partial charge < -0.3 is 0 Å². The Balaban J connectivity index is 3.06. The van der Waals surface area contributed by atoms with E-state index in [1.54, 1.807) is 0 Å². The van der Waals surface area contributed by atoms with Gasteiger partial charge in [0.05, 0.1) is 0 Å². The van der Waals surface area contributed by atoms with Crippen LogP contribution in [0.4, 0.5) is 5.82 Å². The normalized spacial score (nSPS) is 11.8. The highest BCUT2D eigenvalue weighted by Gasteiger charge is 2.17. The smallest absolute Gasteiger partial charge is 0.253 e. The standard InChI is InChI=1S/C6H8Cl2N4O2S/c1-12(2)15(13,14)11-6-4(7)5(8)9-3-10-6/h3H,1-2H3,(H,9,10,11). The summed E-state index contributed by atoms with van der Waals surface area (Å²) in [5.41, 5.74) is 0. The minimum atomic E-state index is -3.64. The third-order valence-electron chi connectivity index (χ3n) is 1.45. The molecular formula is C6H8Cl2N4O2S. The second-order valence-corrected chi connectivity index (χ2v) is 5.34. The van der Waals surface area contributed by atoms with E-state index < -0.39 is 10.2 Å². The lowest BCUT2D eigenvalue weighted by Gasteiger charge is -2.13. The lowest BCUT2D eigenvalue weighted by molar-refractivity contribution is 0.526. The van der Waals surface area contributed by atoms with Gasteiger partial charge in [0.15, 0.2) is 11.0 Å². The Morgan fingerprint density at radius 2 is 1.93 bits per heavy atom. The molecule has 0 spiro atoms. The molecule has 0 bridgehead atoms. The Hall–Kier alpha value is -0.630. The highest BCUT2D eigenvalue weighted by atomic mass is 35.5. The fourth-order valence-corrected chi connectivity index (χ4v) is 1.55. The first-order valence-corrected chi connectivity index (χ1v) is 5.90. The van der Waals surface area contributed by atoms with Crippen molar-refractivity contribution in [3.8, 4) is 0 Å². The van der Waals surface area contributed by atoms with Crippen molar-refractivity contribution in [3.63, 3.8) is 0 Å². The van der Waals surface area contributed by atoms with Gasteiger partial charge in [-0.25, -0.2) is 9.97 Å². The van der Waals surface area contributed by atoms with Gasteiger partial charge in [0.2, 0.25) is 0 Å². The van der Waals surface area contributed by atoms with Crippen LogP contribution in [-0.4, -0.2) is 36.8 Å². The molecule has 1 rings (SSSR count). The van der Waals surface area contributed by atoms with Crippen LogP contribution in [0.3, 0.4) is 0 Å². The highest BCUT2D eigenvalue weighted by Crippen LogP contribution is 2.26. The number of hydrogen-bond donors (Lipinski definition) is 1. The summed E-state index contributed by atoms with van der Waals surface area (Å²) >= 11 is 11.3. The fraction of sp³-hybridized carbons (Fsp3) is 0.333. The molecule has 0 aliphatic rings. The first-order chi connectivity index (χ1) is 6.84. The van der Waals surface area contributed by atoms with Crippen molar-refractivity contribution in [3.05, 3.63) is 16.5 Å². The van der Waals surface area contributed by atoms with Gasteiger partial charge in [0, 0.05) is 14.1 Å². The van der Waals surface area contributed by atoms with Crippen LogP contribution in [-0.2, 0) is 10.2 Å². The summed E-state index contributed by atoms with van der Waals surface area (Å²) in [5.74, 6) is -0.0506. The maximum atomic E-state index is 11.4. The molecule has 1 N–H and O–H groups in total. The third kappa shape index (κ3) is 2.91. The van der Waals surface area contributed by atoms with Gasteiger partial charge in [0.25, 0.3) is 0 Å². The zero-order valence-electron chi connectivity index (χ0n) is 7.90. The molecule has 1 aromatic rings. The summed E-state index contributed by atoms with van der Waals surface area (Å²) in [4.78, 5) is 7.25. The molecule has 0 saturated carbocycles. The molecule has 15 heavy (non-hydrogen) atoms. The molecule has 0 aliphatic heterocycles. The SMILES string of the molecule is CN(C)S(=O)(=O)Nc1ncnc(Cl)c1Cl. The van der Waals surface area contributed by atoms with Crippen LogP contribution in [0.5, 0.6) is 0 Å². The zero-order valence-corrected chi connectivity index (χ0v) is 10.2. The molecule has 1 aromatic heterocycles. The van der Waals surface area contributed by atoms with Crippen molar-refractivity contribution < 1.29 is 8.42 Å². The van der Waals surface area contributed by atoms with Crippen LogP contribution >= 0.6 is 23.2 Å². The molecular weight excluding hydrogens is 263 g/mol. The maximum absolute atomic E-state index is 11.4. The number of nitrogens with zero attached hydrogens (tertiary/aromatic N) is 3. The Kier molecular flexibility index (Phi) is 3.72.